The van der Waals surface area contributed by atoms with Crippen molar-refractivity contribution in [2.24, 2.45) is 5.92 Å². The van der Waals surface area contributed by atoms with E-state index in [1.807, 2.05) is 42.5 Å². The van der Waals surface area contributed by atoms with Gasteiger partial charge in [-0.2, -0.15) is 0 Å². The van der Waals surface area contributed by atoms with Crippen LogP contribution >= 0.6 is 0 Å². The molecule has 1 atom stereocenters. The Labute approximate surface area is 122 Å². The van der Waals surface area contributed by atoms with Crippen LogP contribution < -0.4 is 0 Å². The van der Waals surface area contributed by atoms with E-state index < -0.39 is 0 Å². The van der Waals surface area contributed by atoms with Crippen LogP contribution in [0.4, 0.5) is 0 Å². The first-order valence-corrected chi connectivity index (χ1v) is 7.19. The summed E-state index contributed by atoms with van der Waals surface area (Å²) >= 11 is 0. The highest BCUT2D eigenvalue weighted by atomic mass is 16.5. The average molecular weight is 272 g/mol. The van der Waals surface area contributed by atoms with Gasteiger partial charge in [-0.15, -0.1) is 0 Å². The van der Waals surface area contributed by atoms with Crippen LogP contribution in [0.25, 0.3) is 0 Å². The number of esters is 1. The topological polar surface area (TPSA) is 26.3 Å². The Morgan fingerprint density at radius 3 is 2.65 bits per heavy atom. The predicted molar refractivity (Wildman–Crippen MR) is 83.2 cm³/mol. The minimum Gasteiger partial charge on any atom is -0.431 e. The molecule has 0 N–H and O–H groups in total. The number of ether oxygens (including phenoxy) is 1. The Morgan fingerprint density at radius 2 is 2.00 bits per heavy atom. The van der Waals surface area contributed by atoms with Crippen LogP contribution in [0.1, 0.15) is 39.2 Å². The second-order valence-corrected chi connectivity index (χ2v) is 5.09. The molecule has 0 fully saturated rings. The molecule has 0 aliphatic carbocycles. The highest BCUT2D eigenvalue weighted by molar-refractivity contribution is 5.73. The Balaban J connectivity index is 2.37. The Bertz CT molecular complexity index is 458. The maximum Gasteiger partial charge on any atom is 0.315 e. The SMILES string of the molecule is CCC(C)C/C=C/C=C(\C)OC(=O)Cc1ccccc1. The molecule has 1 rings (SSSR count). The monoisotopic (exact) mass is 272 g/mol. The summed E-state index contributed by atoms with van der Waals surface area (Å²) in [4.78, 5) is 11.7. The van der Waals surface area contributed by atoms with E-state index in [1.165, 1.54) is 6.42 Å². The molecule has 0 bridgehead atoms. The van der Waals surface area contributed by atoms with Gasteiger partial charge >= 0.3 is 5.97 Å². The maximum absolute atomic E-state index is 11.7. The molecular formula is C18H24O2. The van der Waals surface area contributed by atoms with E-state index in [0.717, 1.165) is 12.0 Å². The molecule has 0 spiro atoms. The molecule has 20 heavy (non-hydrogen) atoms. The summed E-state index contributed by atoms with van der Waals surface area (Å²) in [7, 11) is 0. The Kier molecular flexibility index (Phi) is 7.41. The van der Waals surface area contributed by atoms with Gasteiger partial charge in [-0.05, 0) is 30.9 Å². The van der Waals surface area contributed by atoms with Crippen molar-refractivity contribution in [3.63, 3.8) is 0 Å². The molecule has 0 radical (unpaired) electrons. The number of benzene rings is 1. The number of hydrogen-bond acceptors (Lipinski definition) is 2. The quantitative estimate of drug-likeness (QED) is 0.409. The molecule has 0 amide bonds. The summed E-state index contributed by atoms with van der Waals surface area (Å²) in [6.45, 7) is 6.21. The molecule has 1 aromatic carbocycles. The van der Waals surface area contributed by atoms with E-state index in [2.05, 4.69) is 19.9 Å². The third-order valence-corrected chi connectivity index (χ3v) is 3.17. The van der Waals surface area contributed by atoms with Crippen molar-refractivity contribution in [1.82, 2.24) is 0 Å². The average Bonchev–Trinajstić information content (AvgIpc) is 2.44. The van der Waals surface area contributed by atoms with Crippen LogP contribution in [0.2, 0.25) is 0 Å². The molecule has 1 unspecified atom stereocenters. The van der Waals surface area contributed by atoms with Crippen molar-refractivity contribution in [1.29, 1.82) is 0 Å². The fourth-order valence-corrected chi connectivity index (χ4v) is 1.69. The van der Waals surface area contributed by atoms with E-state index >= 15 is 0 Å². The lowest BCUT2D eigenvalue weighted by Gasteiger charge is -2.04. The third-order valence-electron chi connectivity index (χ3n) is 3.17. The van der Waals surface area contributed by atoms with Crippen molar-refractivity contribution in [3.05, 3.63) is 59.9 Å². The first-order chi connectivity index (χ1) is 9.61. The van der Waals surface area contributed by atoms with Crippen molar-refractivity contribution < 1.29 is 9.53 Å². The Morgan fingerprint density at radius 1 is 1.30 bits per heavy atom. The first kappa shape index (κ1) is 16.2. The van der Waals surface area contributed by atoms with E-state index in [4.69, 9.17) is 4.74 Å². The summed E-state index contributed by atoms with van der Waals surface area (Å²) in [6.07, 6.45) is 8.45. The molecular weight excluding hydrogens is 248 g/mol. The number of hydrogen-bond donors (Lipinski definition) is 0. The van der Waals surface area contributed by atoms with Gasteiger partial charge in [-0.25, -0.2) is 0 Å². The van der Waals surface area contributed by atoms with Gasteiger partial charge < -0.3 is 4.74 Å². The van der Waals surface area contributed by atoms with Crippen LogP contribution in [0.3, 0.4) is 0 Å². The third kappa shape index (κ3) is 6.93. The van der Waals surface area contributed by atoms with Gasteiger partial charge in [0.05, 0.1) is 6.42 Å². The summed E-state index contributed by atoms with van der Waals surface area (Å²) in [6, 6.07) is 9.62. The van der Waals surface area contributed by atoms with Crippen LogP contribution in [-0.2, 0) is 16.0 Å². The number of allylic oxidation sites excluding steroid dienone is 4. The molecule has 0 aliphatic rings. The first-order valence-electron chi connectivity index (χ1n) is 7.19. The van der Waals surface area contributed by atoms with E-state index in [-0.39, 0.29) is 5.97 Å². The zero-order valence-electron chi connectivity index (χ0n) is 12.6. The molecule has 0 saturated carbocycles. The molecule has 1 aromatic rings. The fraction of sp³-hybridized carbons (Fsp3) is 0.389. The molecule has 0 aliphatic heterocycles. The van der Waals surface area contributed by atoms with Gasteiger partial charge in [0, 0.05) is 0 Å². The van der Waals surface area contributed by atoms with Crippen molar-refractivity contribution >= 4 is 5.97 Å². The minimum atomic E-state index is -0.222. The van der Waals surface area contributed by atoms with Gasteiger partial charge in [-0.3, -0.25) is 4.79 Å². The molecule has 2 heteroatoms. The zero-order chi connectivity index (χ0) is 14.8. The predicted octanol–water partition coefficient (Wildman–Crippen LogP) is 4.67. The fourth-order valence-electron chi connectivity index (χ4n) is 1.69. The van der Waals surface area contributed by atoms with Gasteiger partial charge in [0.15, 0.2) is 0 Å². The molecule has 0 aromatic heterocycles. The van der Waals surface area contributed by atoms with Crippen molar-refractivity contribution in [3.8, 4) is 0 Å². The number of rotatable bonds is 7. The second kappa shape index (κ2) is 9.13. The lowest BCUT2D eigenvalue weighted by Crippen LogP contribution is -2.06. The molecule has 2 nitrogen and oxygen atoms in total. The van der Waals surface area contributed by atoms with Crippen LogP contribution in [0, 0.1) is 5.92 Å². The smallest absolute Gasteiger partial charge is 0.315 e. The Hall–Kier alpha value is -1.83. The molecule has 0 heterocycles. The van der Waals surface area contributed by atoms with Crippen molar-refractivity contribution in [2.45, 2.75) is 40.0 Å². The number of carbonyl (C=O) groups is 1. The van der Waals surface area contributed by atoms with E-state index in [9.17, 15) is 4.79 Å². The lowest BCUT2D eigenvalue weighted by atomic mass is 10.1. The molecule has 0 saturated heterocycles. The van der Waals surface area contributed by atoms with E-state index in [1.54, 1.807) is 6.92 Å². The largest absolute Gasteiger partial charge is 0.431 e. The second-order valence-electron chi connectivity index (χ2n) is 5.09. The van der Waals surface area contributed by atoms with Crippen LogP contribution in [0.5, 0.6) is 0 Å². The zero-order valence-corrected chi connectivity index (χ0v) is 12.6. The van der Waals surface area contributed by atoms with Crippen LogP contribution in [-0.4, -0.2) is 5.97 Å². The van der Waals surface area contributed by atoms with E-state index in [0.29, 0.717) is 18.1 Å². The number of carbonyl (C=O) groups excluding carboxylic acids is 1. The van der Waals surface area contributed by atoms with Gasteiger partial charge in [0.1, 0.15) is 5.76 Å². The normalized spacial score (nSPS) is 13.4. The van der Waals surface area contributed by atoms with Gasteiger partial charge in [0.25, 0.3) is 0 Å². The van der Waals surface area contributed by atoms with Crippen LogP contribution in [0.15, 0.2) is 54.3 Å². The summed E-state index contributed by atoms with van der Waals surface area (Å²) in [5.41, 5.74) is 0.970. The van der Waals surface area contributed by atoms with Gasteiger partial charge in [0.2, 0.25) is 0 Å². The van der Waals surface area contributed by atoms with Crippen molar-refractivity contribution in [2.75, 3.05) is 0 Å². The summed E-state index contributed by atoms with van der Waals surface area (Å²) in [5.74, 6) is 1.10. The minimum absolute atomic E-state index is 0.222. The standard InChI is InChI=1S/C18H24O2/c1-4-15(2)10-8-9-11-16(3)20-18(19)14-17-12-6-5-7-13-17/h5-9,11-13,15H,4,10,14H2,1-3H3/b9-8+,16-11+. The lowest BCUT2D eigenvalue weighted by molar-refractivity contribution is -0.138. The summed E-state index contributed by atoms with van der Waals surface area (Å²) < 4.78 is 5.26. The van der Waals surface area contributed by atoms with Gasteiger partial charge in [-0.1, -0.05) is 62.8 Å². The molecule has 108 valence electrons. The highest BCUT2D eigenvalue weighted by Crippen LogP contribution is 2.08. The highest BCUT2D eigenvalue weighted by Gasteiger charge is 2.04. The summed E-state index contributed by atoms with van der Waals surface area (Å²) in [5, 5.41) is 0. The maximum atomic E-state index is 11.7.